The fourth-order valence-corrected chi connectivity index (χ4v) is 3.32. The Hall–Kier alpha value is -3.32. The Bertz CT molecular complexity index is 1090. The molecule has 0 bridgehead atoms. The SMILES string of the molecule is Cc1oc2cc(OCC(=O)NCC3CCCO3)ccc2c(=O)c1Oc1ccccc1. The maximum absolute atomic E-state index is 12.8. The Kier molecular flexibility index (Phi) is 5.99. The van der Waals surface area contributed by atoms with E-state index in [1.807, 2.05) is 18.2 Å². The van der Waals surface area contributed by atoms with Gasteiger partial charge in [-0.3, -0.25) is 9.59 Å². The first-order valence-electron chi connectivity index (χ1n) is 9.91. The summed E-state index contributed by atoms with van der Waals surface area (Å²) in [5.41, 5.74) is 0.105. The number of hydrogen-bond acceptors (Lipinski definition) is 6. The molecular formula is C23H23NO6. The van der Waals surface area contributed by atoms with Gasteiger partial charge >= 0.3 is 0 Å². The van der Waals surface area contributed by atoms with Crippen LogP contribution in [-0.2, 0) is 9.53 Å². The first-order valence-corrected chi connectivity index (χ1v) is 9.91. The highest BCUT2D eigenvalue weighted by atomic mass is 16.5. The molecule has 1 aliphatic heterocycles. The molecule has 1 aliphatic rings. The third kappa shape index (κ3) is 4.63. The molecule has 1 N–H and O–H groups in total. The molecule has 2 heterocycles. The van der Waals surface area contributed by atoms with E-state index in [1.54, 1.807) is 37.3 Å². The van der Waals surface area contributed by atoms with Crippen LogP contribution in [0, 0.1) is 6.92 Å². The second-order valence-corrected chi connectivity index (χ2v) is 7.12. The zero-order valence-corrected chi connectivity index (χ0v) is 16.7. The number of rotatable bonds is 7. The second kappa shape index (κ2) is 9.00. The molecule has 7 heteroatoms. The lowest BCUT2D eigenvalue weighted by atomic mass is 10.2. The fourth-order valence-electron chi connectivity index (χ4n) is 3.32. The van der Waals surface area contributed by atoms with Gasteiger partial charge in [-0.1, -0.05) is 18.2 Å². The first-order chi connectivity index (χ1) is 14.6. The van der Waals surface area contributed by atoms with Crippen LogP contribution < -0.4 is 20.2 Å². The summed E-state index contributed by atoms with van der Waals surface area (Å²) in [4.78, 5) is 24.8. The van der Waals surface area contributed by atoms with Gasteiger partial charge in [0.2, 0.25) is 11.2 Å². The molecule has 0 spiro atoms. The molecule has 1 atom stereocenters. The third-order valence-corrected chi connectivity index (χ3v) is 4.87. The predicted octanol–water partition coefficient (Wildman–Crippen LogP) is 3.57. The number of hydrogen-bond donors (Lipinski definition) is 1. The number of benzene rings is 2. The topological polar surface area (TPSA) is 87.0 Å². The van der Waals surface area contributed by atoms with Crippen LogP contribution in [0.15, 0.2) is 57.7 Å². The molecule has 4 rings (SSSR count). The third-order valence-electron chi connectivity index (χ3n) is 4.87. The number of carbonyl (C=O) groups is 1. The molecule has 3 aromatic rings. The van der Waals surface area contributed by atoms with Gasteiger partial charge in [0.25, 0.3) is 5.91 Å². The number of fused-ring (bicyclic) bond motifs is 1. The van der Waals surface area contributed by atoms with E-state index in [0.717, 1.165) is 19.4 Å². The Balaban J connectivity index is 1.44. The molecule has 156 valence electrons. The van der Waals surface area contributed by atoms with Gasteiger partial charge in [0, 0.05) is 19.2 Å². The maximum Gasteiger partial charge on any atom is 0.258 e. The van der Waals surface area contributed by atoms with Crippen molar-refractivity contribution in [3.05, 3.63) is 64.5 Å². The number of aryl methyl sites for hydroxylation is 1. The van der Waals surface area contributed by atoms with Crippen molar-refractivity contribution in [2.24, 2.45) is 0 Å². The minimum Gasteiger partial charge on any atom is -0.484 e. The van der Waals surface area contributed by atoms with Crippen molar-refractivity contribution in [1.82, 2.24) is 5.32 Å². The minimum atomic E-state index is -0.265. The van der Waals surface area contributed by atoms with Crippen LogP contribution >= 0.6 is 0 Å². The van der Waals surface area contributed by atoms with E-state index >= 15 is 0 Å². The number of amides is 1. The molecule has 2 aromatic carbocycles. The molecule has 1 fully saturated rings. The van der Waals surface area contributed by atoms with Crippen molar-refractivity contribution in [3.63, 3.8) is 0 Å². The van der Waals surface area contributed by atoms with Crippen molar-refractivity contribution in [3.8, 4) is 17.2 Å². The zero-order valence-electron chi connectivity index (χ0n) is 16.7. The monoisotopic (exact) mass is 409 g/mol. The molecule has 0 saturated carbocycles. The Morgan fingerprint density at radius 2 is 2.00 bits per heavy atom. The van der Waals surface area contributed by atoms with Crippen LogP contribution in [0.25, 0.3) is 11.0 Å². The molecule has 1 amide bonds. The molecular weight excluding hydrogens is 386 g/mol. The van der Waals surface area contributed by atoms with Crippen LogP contribution in [0.4, 0.5) is 0 Å². The van der Waals surface area contributed by atoms with Crippen LogP contribution in [0.3, 0.4) is 0 Å². The fraction of sp³-hybridized carbons (Fsp3) is 0.304. The summed E-state index contributed by atoms with van der Waals surface area (Å²) in [6.45, 7) is 2.77. The highest BCUT2D eigenvalue weighted by Gasteiger charge is 2.17. The lowest BCUT2D eigenvalue weighted by molar-refractivity contribution is -0.123. The quantitative estimate of drug-likeness (QED) is 0.642. The van der Waals surface area contributed by atoms with Gasteiger partial charge in [0.15, 0.2) is 6.61 Å². The number of nitrogens with one attached hydrogen (secondary N) is 1. The summed E-state index contributed by atoms with van der Waals surface area (Å²) in [5, 5.41) is 3.18. The lowest BCUT2D eigenvalue weighted by Crippen LogP contribution is -2.35. The molecule has 0 radical (unpaired) electrons. The van der Waals surface area contributed by atoms with Gasteiger partial charge in [-0.25, -0.2) is 0 Å². The number of carbonyl (C=O) groups excluding carboxylic acids is 1. The van der Waals surface area contributed by atoms with Gasteiger partial charge in [0.05, 0.1) is 11.5 Å². The van der Waals surface area contributed by atoms with Crippen LogP contribution in [-0.4, -0.2) is 31.8 Å². The lowest BCUT2D eigenvalue weighted by Gasteiger charge is -2.12. The van der Waals surface area contributed by atoms with Gasteiger partial charge < -0.3 is 23.9 Å². The molecule has 30 heavy (non-hydrogen) atoms. The average Bonchev–Trinajstić information content (AvgIpc) is 3.28. The minimum absolute atomic E-state index is 0.0826. The van der Waals surface area contributed by atoms with Crippen molar-refractivity contribution >= 4 is 16.9 Å². The zero-order chi connectivity index (χ0) is 20.9. The van der Waals surface area contributed by atoms with E-state index in [4.69, 9.17) is 18.6 Å². The van der Waals surface area contributed by atoms with Crippen molar-refractivity contribution in [2.45, 2.75) is 25.9 Å². The van der Waals surface area contributed by atoms with Crippen molar-refractivity contribution in [1.29, 1.82) is 0 Å². The van der Waals surface area contributed by atoms with Crippen molar-refractivity contribution in [2.75, 3.05) is 19.8 Å². The highest BCUT2D eigenvalue weighted by molar-refractivity contribution is 5.80. The molecule has 1 unspecified atom stereocenters. The predicted molar refractivity (Wildman–Crippen MR) is 111 cm³/mol. The molecule has 1 aromatic heterocycles. The standard InChI is InChI=1S/C23H23NO6/c1-15-23(30-16-6-3-2-4-7-16)22(26)19-10-9-17(12-20(19)29-15)28-14-21(25)24-13-18-8-5-11-27-18/h2-4,6-7,9-10,12,18H,5,8,11,13-14H2,1H3,(H,24,25). The van der Waals surface area contributed by atoms with Crippen LogP contribution in [0.2, 0.25) is 0 Å². The summed E-state index contributed by atoms with van der Waals surface area (Å²) >= 11 is 0. The van der Waals surface area contributed by atoms with Gasteiger partial charge in [0.1, 0.15) is 22.8 Å². The van der Waals surface area contributed by atoms with Gasteiger partial charge in [-0.15, -0.1) is 0 Å². The van der Waals surface area contributed by atoms with E-state index in [0.29, 0.717) is 34.8 Å². The van der Waals surface area contributed by atoms with E-state index in [2.05, 4.69) is 5.32 Å². The largest absolute Gasteiger partial charge is 0.484 e. The van der Waals surface area contributed by atoms with Gasteiger partial charge in [-0.2, -0.15) is 0 Å². The van der Waals surface area contributed by atoms with Crippen LogP contribution in [0.1, 0.15) is 18.6 Å². The Labute approximate surface area is 173 Å². The Morgan fingerprint density at radius 1 is 1.17 bits per heavy atom. The van der Waals surface area contributed by atoms with Gasteiger partial charge in [-0.05, 0) is 44.0 Å². The van der Waals surface area contributed by atoms with E-state index in [1.165, 1.54) is 0 Å². The summed E-state index contributed by atoms with van der Waals surface area (Å²) in [5.74, 6) is 1.28. The van der Waals surface area contributed by atoms with Crippen LogP contribution in [0.5, 0.6) is 17.2 Å². The molecule has 7 nitrogen and oxygen atoms in total. The summed E-state index contributed by atoms with van der Waals surface area (Å²) < 4.78 is 22.5. The molecule has 0 aliphatic carbocycles. The highest BCUT2D eigenvalue weighted by Crippen LogP contribution is 2.27. The van der Waals surface area contributed by atoms with E-state index in [9.17, 15) is 9.59 Å². The Morgan fingerprint density at radius 3 is 2.77 bits per heavy atom. The summed E-state index contributed by atoms with van der Waals surface area (Å²) in [7, 11) is 0. The number of ether oxygens (including phenoxy) is 3. The average molecular weight is 409 g/mol. The summed E-state index contributed by atoms with van der Waals surface area (Å²) in [6, 6.07) is 13.9. The number of para-hydroxylation sites is 1. The smallest absolute Gasteiger partial charge is 0.258 e. The van der Waals surface area contributed by atoms with E-state index in [-0.39, 0.29) is 29.8 Å². The molecule has 1 saturated heterocycles. The second-order valence-electron chi connectivity index (χ2n) is 7.12. The van der Waals surface area contributed by atoms with Crippen molar-refractivity contribution < 1.29 is 23.4 Å². The summed E-state index contributed by atoms with van der Waals surface area (Å²) in [6.07, 6.45) is 2.07. The first kappa shape index (κ1) is 20.0. The normalized spacial score (nSPS) is 15.8. The maximum atomic E-state index is 12.8. The van der Waals surface area contributed by atoms with E-state index < -0.39 is 0 Å².